The second-order valence-corrected chi connectivity index (χ2v) is 5.15. The number of benzene rings is 2. The van der Waals surface area contributed by atoms with Crippen molar-refractivity contribution in [2.24, 2.45) is 0 Å². The first-order chi connectivity index (χ1) is 12.0. The number of carbonyl (C=O) groups is 1. The lowest BCUT2D eigenvalue weighted by Crippen LogP contribution is -2.33. The number of nitrogens with one attached hydrogen (secondary N) is 1. The van der Waals surface area contributed by atoms with Crippen LogP contribution in [0.25, 0.3) is 0 Å². The Labute approximate surface area is 144 Å². The van der Waals surface area contributed by atoms with Gasteiger partial charge in [-0.25, -0.2) is 4.39 Å². The zero-order valence-electron chi connectivity index (χ0n) is 13.9. The fraction of sp³-hybridized carbons (Fsp3) is 0.235. The van der Waals surface area contributed by atoms with Crippen molar-refractivity contribution in [2.45, 2.75) is 6.92 Å². The molecule has 0 bridgehead atoms. The molecule has 0 fully saturated rings. The van der Waals surface area contributed by atoms with Crippen molar-refractivity contribution in [3.8, 4) is 5.75 Å². The summed E-state index contributed by atoms with van der Waals surface area (Å²) in [7, 11) is 1.49. The van der Waals surface area contributed by atoms with E-state index in [0.29, 0.717) is 18.0 Å². The predicted molar refractivity (Wildman–Crippen MR) is 92.6 cm³/mol. The van der Waals surface area contributed by atoms with Gasteiger partial charge in [-0.2, -0.15) is 0 Å². The van der Waals surface area contributed by atoms with E-state index in [2.05, 4.69) is 5.32 Å². The Morgan fingerprint density at radius 1 is 1.32 bits per heavy atom. The predicted octanol–water partition coefficient (Wildman–Crippen LogP) is 3.21. The minimum absolute atomic E-state index is 0.0580. The molecule has 2 rings (SSSR count). The van der Waals surface area contributed by atoms with Crippen LogP contribution in [0.2, 0.25) is 0 Å². The average molecular weight is 347 g/mol. The zero-order valence-corrected chi connectivity index (χ0v) is 13.9. The molecule has 7 nitrogen and oxygen atoms in total. The first kappa shape index (κ1) is 18.2. The SMILES string of the molecule is CCN(CC(=O)Nc1ccccc1OC)c1cc(F)ccc1[N+](=O)[O-]. The largest absolute Gasteiger partial charge is 0.495 e. The maximum Gasteiger partial charge on any atom is 0.292 e. The fourth-order valence-corrected chi connectivity index (χ4v) is 2.38. The molecular formula is C17H18FN3O4. The lowest BCUT2D eigenvalue weighted by Gasteiger charge is -2.22. The van der Waals surface area contributed by atoms with Gasteiger partial charge in [0.1, 0.15) is 17.3 Å². The van der Waals surface area contributed by atoms with Crippen LogP contribution in [0.15, 0.2) is 42.5 Å². The number of amides is 1. The topological polar surface area (TPSA) is 84.7 Å². The van der Waals surface area contributed by atoms with E-state index in [4.69, 9.17) is 4.74 Å². The zero-order chi connectivity index (χ0) is 18.4. The third-order valence-electron chi connectivity index (χ3n) is 3.57. The van der Waals surface area contributed by atoms with E-state index in [1.54, 1.807) is 31.2 Å². The molecule has 0 atom stereocenters. The summed E-state index contributed by atoms with van der Waals surface area (Å²) in [6.07, 6.45) is 0. The average Bonchev–Trinajstić information content (AvgIpc) is 2.59. The number of nitro groups is 1. The number of halogens is 1. The number of methoxy groups -OCH3 is 1. The Morgan fingerprint density at radius 2 is 2.04 bits per heavy atom. The molecule has 0 saturated heterocycles. The molecule has 0 saturated carbocycles. The van der Waals surface area contributed by atoms with Crippen LogP contribution in [0.5, 0.6) is 5.75 Å². The van der Waals surface area contributed by atoms with E-state index in [1.165, 1.54) is 12.0 Å². The van der Waals surface area contributed by atoms with Crippen LogP contribution in [0.4, 0.5) is 21.5 Å². The number of rotatable bonds is 7. The molecule has 2 aromatic carbocycles. The highest BCUT2D eigenvalue weighted by molar-refractivity contribution is 5.95. The Bertz CT molecular complexity index is 782. The number of likely N-dealkylation sites (N-methyl/N-ethyl adjacent to an activating group) is 1. The molecule has 0 aliphatic heterocycles. The van der Waals surface area contributed by atoms with Crippen molar-refractivity contribution in [3.63, 3.8) is 0 Å². The number of carbonyl (C=O) groups excluding carboxylic acids is 1. The van der Waals surface area contributed by atoms with Crippen LogP contribution in [-0.4, -0.2) is 31.0 Å². The fourth-order valence-electron chi connectivity index (χ4n) is 2.38. The number of nitrogens with zero attached hydrogens (tertiary/aromatic N) is 2. The highest BCUT2D eigenvalue weighted by Gasteiger charge is 2.21. The van der Waals surface area contributed by atoms with Crippen LogP contribution in [0.1, 0.15) is 6.92 Å². The third kappa shape index (κ3) is 4.43. The molecule has 8 heteroatoms. The first-order valence-electron chi connectivity index (χ1n) is 7.58. The summed E-state index contributed by atoms with van der Waals surface area (Å²) in [6.45, 7) is 1.85. The van der Waals surface area contributed by atoms with E-state index in [-0.39, 0.29) is 17.9 Å². The quantitative estimate of drug-likeness (QED) is 0.614. The van der Waals surface area contributed by atoms with Crippen LogP contribution < -0.4 is 15.0 Å². The maximum absolute atomic E-state index is 13.5. The Morgan fingerprint density at radius 3 is 2.68 bits per heavy atom. The van der Waals surface area contributed by atoms with Gasteiger partial charge in [-0.3, -0.25) is 14.9 Å². The Kier molecular flexibility index (Phi) is 5.89. The molecule has 25 heavy (non-hydrogen) atoms. The minimum atomic E-state index is -0.607. The lowest BCUT2D eigenvalue weighted by molar-refractivity contribution is -0.384. The summed E-state index contributed by atoms with van der Waals surface area (Å²) in [4.78, 5) is 24.3. The van der Waals surface area contributed by atoms with Gasteiger partial charge >= 0.3 is 0 Å². The van der Waals surface area contributed by atoms with Gasteiger partial charge in [0.2, 0.25) is 5.91 Å². The Balaban J connectivity index is 2.21. The number of ether oxygens (including phenoxy) is 1. The Hall–Kier alpha value is -3.16. The van der Waals surface area contributed by atoms with Gasteiger partial charge in [0.15, 0.2) is 0 Å². The molecule has 0 radical (unpaired) electrons. The second kappa shape index (κ2) is 8.09. The monoisotopic (exact) mass is 347 g/mol. The summed E-state index contributed by atoms with van der Waals surface area (Å²) >= 11 is 0. The van der Waals surface area contributed by atoms with Crippen molar-refractivity contribution in [2.75, 3.05) is 30.4 Å². The summed E-state index contributed by atoms with van der Waals surface area (Å²) in [5.74, 6) is -0.510. The van der Waals surface area contributed by atoms with E-state index in [1.807, 2.05) is 0 Å². The van der Waals surface area contributed by atoms with Crippen molar-refractivity contribution >= 4 is 23.0 Å². The van der Waals surface area contributed by atoms with Crippen molar-refractivity contribution in [3.05, 3.63) is 58.4 Å². The standard InChI is InChI=1S/C17H18FN3O4/c1-3-20(15-10-12(18)8-9-14(15)21(23)24)11-17(22)19-13-6-4-5-7-16(13)25-2/h4-10H,3,11H2,1-2H3,(H,19,22). The van der Waals surface area contributed by atoms with Crippen LogP contribution in [-0.2, 0) is 4.79 Å². The van der Waals surface area contributed by atoms with Gasteiger partial charge in [-0.05, 0) is 25.1 Å². The normalized spacial score (nSPS) is 10.2. The third-order valence-corrected chi connectivity index (χ3v) is 3.57. The first-order valence-corrected chi connectivity index (χ1v) is 7.58. The van der Waals surface area contributed by atoms with Crippen LogP contribution >= 0.6 is 0 Å². The van der Waals surface area contributed by atoms with E-state index >= 15 is 0 Å². The summed E-state index contributed by atoms with van der Waals surface area (Å²) in [6, 6.07) is 10.0. The number of hydrogen-bond donors (Lipinski definition) is 1. The van der Waals surface area contributed by atoms with Gasteiger partial charge < -0.3 is 15.0 Å². The van der Waals surface area contributed by atoms with Gasteiger partial charge in [0.05, 0.1) is 24.3 Å². The number of nitro benzene ring substituents is 1. The highest BCUT2D eigenvalue weighted by Crippen LogP contribution is 2.29. The van der Waals surface area contributed by atoms with Crippen LogP contribution in [0.3, 0.4) is 0 Å². The summed E-state index contributed by atoms with van der Waals surface area (Å²) < 4.78 is 18.7. The molecule has 0 aliphatic rings. The number of hydrogen-bond acceptors (Lipinski definition) is 5. The summed E-state index contributed by atoms with van der Waals surface area (Å²) in [5, 5.41) is 13.8. The smallest absolute Gasteiger partial charge is 0.292 e. The molecule has 0 spiro atoms. The number of para-hydroxylation sites is 2. The lowest BCUT2D eigenvalue weighted by atomic mass is 10.2. The highest BCUT2D eigenvalue weighted by atomic mass is 19.1. The number of anilines is 2. The molecule has 0 heterocycles. The van der Waals surface area contributed by atoms with Gasteiger partial charge in [-0.1, -0.05) is 12.1 Å². The van der Waals surface area contributed by atoms with Gasteiger partial charge in [0.25, 0.3) is 5.69 Å². The molecule has 132 valence electrons. The molecule has 0 aromatic heterocycles. The van der Waals surface area contributed by atoms with E-state index in [9.17, 15) is 19.3 Å². The molecule has 0 unspecified atom stereocenters. The minimum Gasteiger partial charge on any atom is -0.495 e. The second-order valence-electron chi connectivity index (χ2n) is 5.15. The molecule has 2 aromatic rings. The summed E-state index contributed by atoms with van der Waals surface area (Å²) in [5.41, 5.74) is 0.288. The van der Waals surface area contributed by atoms with Crippen LogP contribution in [0, 0.1) is 15.9 Å². The maximum atomic E-state index is 13.5. The van der Waals surface area contributed by atoms with Crippen molar-refractivity contribution in [1.82, 2.24) is 0 Å². The van der Waals surface area contributed by atoms with Gasteiger partial charge in [-0.15, -0.1) is 0 Å². The molecular weight excluding hydrogens is 329 g/mol. The van der Waals surface area contributed by atoms with E-state index < -0.39 is 16.6 Å². The van der Waals surface area contributed by atoms with Crippen molar-refractivity contribution < 1.29 is 18.8 Å². The molecule has 0 aliphatic carbocycles. The molecule has 1 amide bonds. The van der Waals surface area contributed by atoms with E-state index in [0.717, 1.165) is 18.2 Å². The van der Waals surface area contributed by atoms with Crippen molar-refractivity contribution in [1.29, 1.82) is 0 Å². The molecule has 1 N–H and O–H groups in total. The van der Waals surface area contributed by atoms with Gasteiger partial charge in [0, 0.05) is 18.7 Å².